The van der Waals surface area contributed by atoms with Gasteiger partial charge in [-0.25, -0.2) is 4.79 Å². The molecule has 204 valence electrons. The number of alkyl halides is 3. The van der Waals surface area contributed by atoms with Gasteiger partial charge in [-0.1, -0.05) is 22.8 Å². The summed E-state index contributed by atoms with van der Waals surface area (Å²) in [5.74, 6) is -0.322. The standard InChI is InChI=1S/C23H28ClF3N4O6/c1-13-5-6-14(11-16(13)24)18(32)28-15-7-8-17(31(12-15)21(33)37-22(2,3)4)19-29-30-20(36-19)34-9-10-35-23(25,26)27/h5-6,11,15,17H,7-10,12H2,1-4H3,(H,28,32)/t15?,17-/m0/s1. The van der Waals surface area contributed by atoms with E-state index >= 15 is 0 Å². The number of rotatable bonds is 7. The Morgan fingerprint density at radius 2 is 1.92 bits per heavy atom. The van der Waals surface area contributed by atoms with E-state index in [1.807, 2.05) is 6.92 Å². The van der Waals surface area contributed by atoms with E-state index < -0.39 is 43.4 Å². The molecule has 14 heteroatoms. The number of aromatic nitrogens is 2. The lowest BCUT2D eigenvalue weighted by Gasteiger charge is -2.38. The zero-order valence-electron chi connectivity index (χ0n) is 20.7. The third-order valence-electron chi connectivity index (χ3n) is 5.26. The summed E-state index contributed by atoms with van der Waals surface area (Å²) >= 11 is 6.14. The highest BCUT2D eigenvalue weighted by atomic mass is 35.5. The van der Waals surface area contributed by atoms with Gasteiger partial charge in [0.25, 0.3) is 5.91 Å². The summed E-state index contributed by atoms with van der Waals surface area (Å²) in [6.07, 6.45) is -5.01. The summed E-state index contributed by atoms with van der Waals surface area (Å²) in [5.41, 5.74) is 0.429. The van der Waals surface area contributed by atoms with Crippen LogP contribution in [-0.4, -0.2) is 64.9 Å². The number of ether oxygens (including phenoxy) is 3. The van der Waals surface area contributed by atoms with E-state index in [9.17, 15) is 22.8 Å². The van der Waals surface area contributed by atoms with Crippen LogP contribution in [0.5, 0.6) is 6.08 Å². The summed E-state index contributed by atoms with van der Waals surface area (Å²) in [5, 5.41) is 10.9. The average molecular weight is 549 g/mol. The third-order valence-corrected chi connectivity index (χ3v) is 5.67. The second kappa shape index (κ2) is 11.5. The fourth-order valence-corrected chi connectivity index (χ4v) is 3.75. The molecule has 3 rings (SSSR count). The number of hydrogen-bond donors (Lipinski definition) is 1. The molecule has 1 aliphatic heterocycles. The van der Waals surface area contributed by atoms with E-state index in [0.717, 1.165) is 5.56 Å². The van der Waals surface area contributed by atoms with E-state index in [-0.39, 0.29) is 24.4 Å². The fraction of sp³-hybridized carbons (Fsp3) is 0.565. The highest BCUT2D eigenvalue weighted by molar-refractivity contribution is 6.31. The van der Waals surface area contributed by atoms with Crippen LogP contribution in [0.3, 0.4) is 0 Å². The topological polar surface area (TPSA) is 116 Å². The van der Waals surface area contributed by atoms with Crippen LogP contribution in [0.1, 0.15) is 61.5 Å². The smallest absolute Gasteiger partial charge is 0.447 e. The van der Waals surface area contributed by atoms with E-state index in [0.29, 0.717) is 23.4 Å². The average Bonchev–Trinajstić information content (AvgIpc) is 3.25. The van der Waals surface area contributed by atoms with Crippen LogP contribution in [0.2, 0.25) is 5.02 Å². The van der Waals surface area contributed by atoms with Crippen molar-refractivity contribution in [1.29, 1.82) is 0 Å². The molecule has 0 spiro atoms. The Bertz CT molecular complexity index is 1100. The molecule has 1 aliphatic rings. The van der Waals surface area contributed by atoms with E-state index in [1.54, 1.807) is 39.0 Å². The molecule has 2 aromatic rings. The minimum absolute atomic E-state index is 0.0210. The van der Waals surface area contributed by atoms with Gasteiger partial charge in [-0.3, -0.25) is 14.4 Å². The number of aryl methyl sites for hydroxylation is 1. The van der Waals surface area contributed by atoms with E-state index in [1.165, 1.54) is 4.90 Å². The first-order chi connectivity index (χ1) is 17.2. The zero-order valence-corrected chi connectivity index (χ0v) is 21.5. The molecular weight excluding hydrogens is 521 g/mol. The molecule has 1 aromatic heterocycles. The number of piperidine rings is 1. The molecule has 0 bridgehead atoms. The lowest BCUT2D eigenvalue weighted by molar-refractivity contribution is -0.325. The molecule has 37 heavy (non-hydrogen) atoms. The molecule has 0 radical (unpaired) electrons. The molecule has 1 aromatic carbocycles. The summed E-state index contributed by atoms with van der Waals surface area (Å²) in [6.45, 7) is 5.82. The lowest BCUT2D eigenvalue weighted by Crippen LogP contribution is -2.52. The molecule has 0 aliphatic carbocycles. The van der Waals surface area contributed by atoms with Gasteiger partial charge >= 0.3 is 18.5 Å². The second-order valence-corrected chi connectivity index (χ2v) is 9.82. The van der Waals surface area contributed by atoms with Crippen molar-refractivity contribution in [2.45, 2.75) is 64.6 Å². The second-order valence-electron chi connectivity index (χ2n) is 9.41. The molecule has 2 heterocycles. The number of nitrogens with one attached hydrogen (secondary N) is 1. The van der Waals surface area contributed by atoms with Crippen molar-refractivity contribution < 1.29 is 41.4 Å². The fourth-order valence-electron chi connectivity index (χ4n) is 3.57. The molecule has 2 amide bonds. The summed E-state index contributed by atoms with van der Waals surface area (Å²) in [6, 6.07) is 3.87. The largest absolute Gasteiger partial charge is 0.522 e. The summed E-state index contributed by atoms with van der Waals surface area (Å²) in [4.78, 5) is 27.2. The van der Waals surface area contributed by atoms with Gasteiger partial charge < -0.3 is 19.2 Å². The number of benzene rings is 1. The first-order valence-electron chi connectivity index (χ1n) is 11.5. The SMILES string of the molecule is Cc1ccc(C(=O)NC2CC[C@@H](c3nnc(OCCOC(F)(F)F)o3)N(C(=O)OC(C)(C)C)C2)cc1Cl. The molecular formula is C23H28ClF3N4O6. The zero-order chi connectivity index (χ0) is 27.4. The summed E-state index contributed by atoms with van der Waals surface area (Å²) < 4.78 is 55.9. The van der Waals surface area contributed by atoms with Crippen LogP contribution in [0, 0.1) is 6.92 Å². The van der Waals surface area contributed by atoms with E-state index in [4.69, 9.17) is 25.5 Å². The Hall–Kier alpha value is -3.06. The molecule has 0 saturated carbocycles. The molecule has 10 nitrogen and oxygen atoms in total. The van der Waals surface area contributed by atoms with Crippen LogP contribution in [-0.2, 0) is 9.47 Å². The molecule has 1 unspecified atom stereocenters. The molecule has 1 N–H and O–H groups in total. The first kappa shape index (κ1) is 28.5. The number of hydrogen-bond acceptors (Lipinski definition) is 8. The van der Waals surface area contributed by atoms with E-state index in [2.05, 4.69) is 20.3 Å². The maximum Gasteiger partial charge on any atom is 0.522 e. The maximum atomic E-state index is 13.0. The van der Waals surface area contributed by atoms with Crippen LogP contribution in [0.15, 0.2) is 22.6 Å². The highest BCUT2D eigenvalue weighted by Crippen LogP contribution is 2.33. The van der Waals surface area contributed by atoms with Gasteiger partial charge in [0, 0.05) is 23.2 Å². The Morgan fingerprint density at radius 1 is 1.19 bits per heavy atom. The van der Waals surface area contributed by atoms with Crippen molar-refractivity contribution in [3.8, 4) is 6.08 Å². The predicted molar refractivity (Wildman–Crippen MR) is 124 cm³/mol. The Balaban J connectivity index is 1.69. The molecule has 1 saturated heterocycles. The Kier molecular flexibility index (Phi) is 8.90. The third kappa shape index (κ3) is 8.49. The first-order valence-corrected chi connectivity index (χ1v) is 11.8. The van der Waals surface area contributed by atoms with Crippen molar-refractivity contribution in [2.75, 3.05) is 19.8 Å². The minimum atomic E-state index is -4.78. The quantitative estimate of drug-likeness (QED) is 0.490. The highest BCUT2D eigenvalue weighted by Gasteiger charge is 2.39. The Labute approximate surface area is 216 Å². The maximum absolute atomic E-state index is 13.0. The minimum Gasteiger partial charge on any atom is -0.447 e. The van der Waals surface area contributed by atoms with Crippen molar-refractivity contribution in [1.82, 2.24) is 20.4 Å². The predicted octanol–water partition coefficient (Wildman–Crippen LogP) is 4.82. The number of likely N-dealkylation sites (tertiary alicyclic amines) is 1. The van der Waals surface area contributed by atoms with Gasteiger partial charge in [0.15, 0.2) is 0 Å². The van der Waals surface area contributed by atoms with Crippen molar-refractivity contribution in [3.63, 3.8) is 0 Å². The number of carbonyl (C=O) groups is 2. The van der Waals surface area contributed by atoms with Crippen molar-refractivity contribution in [3.05, 3.63) is 40.2 Å². The van der Waals surface area contributed by atoms with Crippen LogP contribution in [0.25, 0.3) is 0 Å². The number of carbonyl (C=O) groups excluding carboxylic acids is 2. The van der Waals surface area contributed by atoms with Gasteiger partial charge in [0.1, 0.15) is 18.2 Å². The molecule has 2 atom stereocenters. The number of nitrogens with zero attached hydrogens (tertiary/aromatic N) is 3. The number of amides is 2. The van der Waals surface area contributed by atoms with Gasteiger partial charge in [-0.15, -0.1) is 18.3 Å². The normalized spacial score (nSPS) is 18.4. The van der Waals surface area contributed by atoms with Gasteiger partial charge in [-0.2, -0.15) is 0 Å². The van der Waals surface area contributed by atoms with Crippen LogP contribution >= 0.6 is 11.6 Å². The van der Waals surface area contributed by atoms with Gasteiger partial charge in [-0.05, 0) is 58.2 Å². The summed E-state index contributed by atoms with van der Waals surface area (Å²) in [7, 11) is 0. The monoisotopic (exact) mass is 548 g/mol. The van der Waals surface area contributed by atoms with Crippen LogP contribution < -0.4 is 10.1 Å². The Morgan fingerprint density at radius 3 is 2.57 bits per heavy atom. The van der Waals surface area contributed by atoms with Crippen molar-refractivity contribution >= 4 is 23.6 Å². The number of halogens is 4. The van der Waals surface area contributed by atoms with Gasteiger partial charge in [0.05, 0.1) is 6.61 Å². The molecule has 1 fully saturated rings. The van der Waals surface area contributed by atoms with Crippen molar-refractivity contribution in [2.24, 2.45) is 0 Å². The lowest BCUT2D eigenvalue weighted by atomic mass is 9.98. The van der Waals surface area contributed by atoms with Gasteiger partial charge in [0.2, 0.25) is 5.89 Å². The van der Waals surface area contributed by atoms with Crippen LogP contribution in [0.4, 0.5) is 18.0 Å².